The van der Waals surface area contributed by atoms with Crippen molar-refractivity contribution in [2.75, 3.05) is 7.05 Å². The summed E-state index contributed by atoms with van der Waals surface area (Å²) in [5.41, 5.74) is 0.484. The van der Waals surface area contributed by atoms with Crippen LogP contribution < -0.4 is 0 Å². The first-order valence-electron chi connectivity index (χ1n) is 7.98. The van der Waals surface area contributed by atoms with Crippen molar-refractivity contribution in [3.05, 3.63) is 34.2 Å². The van der Waals surface area contributed by atoms with Crippen LogP contribution in [0.2, 0.25) is 0 Å². The lowest BCUT2D eigenvalue weighted by molar-refractivity contribution is -0.134. The number of thiophene rings is 1. The van der Waals surface area contributed by atoms with Gasteiger partial charge in [0.1, 0.15) is 5.70 Å². The van der Waals surface area contributed by atoms with Gasteiger partial charge in [0.25, 0.3) is 5.91 Å². The molecule has 3 rings (SSSR count). The van der Waals surface area contributed by atoms with Crippen LogP contribution >= 0.6 is 11.3 Å². The average Bonchev–Trinajstić information content (AvgIpc) is 3.03. The maximum Gasteiger partial charge on any atom is 0.345 e. The number of carbonyl (C=O) groups excluding carboxylic acids is 1. The highest BCUT2D eigenvalue weighted by Crippen LogP contribution is 2.28. The lowest BCUT2D eigenvalue weighted by atomic mass is 9.97. The van der Waals surface area contributed by atoms with E-state index in [-0.39, 0.29) is 23.7 Å². The molecule has 6 nitrogen and oxygen atoms in total. The highest BCUT2D eigenvalue weighted by Gasteiger charge is 2.36. The van der Waals surface area contributed by atoms with Crippen molar-refractivity contribution in [3.63, 3.8) is 0 Å². The first kappa shape index (κ1) is 17.2. The molecule has 0 N–H and O–H groups in total. The number of carbonyl (C=O) groups is 1. The zero-order valence-corrected chi connectivity index (χ0v) is 15.6. The highest BCUT2D eigenvalue weighted by molar-refractivity contribution is 7.88. The molecule has 1 amide bonds. The molecule has 0 aromatic carbocycles. The number of hydrogen-bond acceptors (Lipinski definition) is 4. The second kappa shape index (κ2) is 6.33. The van der Waals surface area contributed by atoms with Gasteiger partial charge in [-0.1, -0.05) is 6.07 Å². The number of rotatable bonds is 2. The normalized spacial score (nSPS) is 26.8. The second-order valence-electron chi connectivity index (χ2n) is 6.27. The zero-order chi connectivity index (χ0) is 17.5. The third kappa shape index (κ3) is 3.00. The van der Waals surface area contributed by atoms with Gasteiger partial charge >= 0.3 is 10.2 Å². The van der Waals surface area contributed by atoms with E-state index >= 15 is 0 Å². The Balaban J connectivity index is 2.01. The molecular formula is C16H21N3O3S2. The summed E-state index contributed by atoms with van der Waals surface area (Å²) in [6.45, 7) is 4.03. The van der Waals surface area contributed by atoms with Crippen molar-refractivity contribution in [2.24, 2.45) is 4.40 Å². The van der Waals surface area contributed by atoms with Crippen LogP contribution in [0.5, 0.6) is 0 Å². The molecule has 2 aliphatic heterocycles. The number of likely N-dealkylation sites (tertiary alicyclic amines) is 1. The molecule has 0 aliphatic carbocycles. The molecule has 3 heterocycles. The Bertz CT molecular complexity index is 787. The number of amides is 1. The topological polar surface area (TPSA) is 70.0 Å². The van der Waals surface area contributed by atoms with Gasteiger partial charge in [-0.2, -0.15) is 8.42 Å². The first-order chi connectivity index (χ1) is 11.3. The monoisotopic (exact) mass is 367 g/mol. The number of likely N-dealkylation sites (N-methyl/N-ethyl adjacent to an activating group) is 1. The van der Waals surface area contributed by atoms with E-state index in [0.717, 1.165) is 28.4 Å². The predicted octanol–water partition coefficient (Wildman–Crippen LogP) is 2.40. The van der Waals surface area contributed by atoms with Crippen LogP contribution in [-0.4, -0.2) is 48.4 Å². The Morgan fingerprint density at radius 3 is 2.54 bits per heavy atom. The fourth-order valence-electron chi connectivity index (χ4n) is 3.25. The molecule has 1 aromatic heterocycles. The largest absolute Gasteiger partial charge is 0.345 e. The van der Waals surface area contributed by atoms with Crippen LogP contribution in [0.4, 0.5) is 0 Å². The number of allylic oxidation sites excluding steroid dienone is 1. The van der Waals surface area contributed by atoms with Crippen molar-refractivity contribution < 1.29 is 13.2 Å². The van der Waals surface area contributed by atoms with E-state index in [1.54, 1.807) is 17.0 Å². The third-order valence-electron chi connectivity index (χ3n) is 4.59. The first-order valence-corrected chi connectivity index (χ1v) is 10.3. The molecule has 0 unspecified atom stereocenters. The fourth-order valence-corrected chi connectivity index (χ4v) is 4.89. The molecular weight excluding hydrogens is 346 g/mol. The van der Waals surface area contributed by atoms with Crippen LogP contribution in [0, 0.1) is 0 Å². The molecule has 1 aromatic rings. The van der Waals surface area contributed by atoms with E-state index in [1.807, 2.05) is 25.3 Å². The van der Waals surface area contributed by atoms with Gasteiger partial charge in [0, 0.05) is 19.1 Å². The van der Waals surface area contributed by atoms with Crippen molar-refractivity contribution in [1.82, 2.24) is 9.21 Å². The van der Waals surface area contributed by atoms with Crippen LogP contribution in [0.3, 0.4) is 0 Å². The lowest BCUT2D eigenvalue weighted by Crippen LogP contribution is -2.50. The Kier molecular flexibility index (Phi) is 4.52. The summed E-state index contributed by atoms with van der Waals surface area (Å²) in [7, 11) is -2.51. The van der Waals surface area contributed by atoms with Crippen molar-refractivity contribution in [1.29, 1.82) is 0 Å². The van der Waals surface area contributed by atoms with Crippen LogP contribution in [0.15, 0.2) is 33.7 Å². The average molecular weight is 367 g/mol. The summed E-state index contributed by atoms with van der Waals surface area (Å²) < 4.78 is 29.6. The van der Waals surface area contributed by atoms with Gasteiger partial charge in [-0.25, -0.2) is 4.31 Å². The zero-order valence-electron chi connectivity index (χ0n) is 14.0. The minimum atomic E-state index is -3.89. The summed E-state index contributed by atoms with van der Waals surface area (Å²) >= 11 is 1.40. The van der Waals surface area contributed by atoms with Crippen molar-refractivity contribution in [2.45, 2.75) is 45.2 Å². The number of piperidine rings is 1. The maximum atomic E-state index is 13.1. The highest BCUT2D eigenvalue weighted by atomic mass is 32.2. The van der Waals surface area contributed by atoms with Crippen LogP contribution in [-0.2, 0) is 15.0 Å². The van der Waals surface area contributed by atoms with Gasteiger partial charge in [0.15, 0.2) is 0 Å². The molecule has 2 atom stereocenters. The predicted molar refractivity (Wildman–Crippen MR) is 95.2 cm³/mol. The van der Waals surface area contributed by atoms with Crippen molar-refractivity contribution in [3.8, 4) is 0 Å². The Hall–Kier alpha value is -1.67. The lowest BCUT2D eigenvalue weighted by Gasteiger charge is -2.40. The minimum Gasteiger partial charge on any atom is -0.332 e. The standard InChI is InChI=1S/C16H21N3O3S2/c1-11-6-4-7-12(2)19(11)16(20)14-10-13(15-8-5-9-23-15)17-24(21,22)18(14)3/h5,8-12H,4,6-7H2,1-3H3/t11-,12-/m1/s1. The minimum absolute atomic E-state index is 0.0994. The quantitative estimate of drug-likeness (QED) is 0.806. The van der Waals surface area contributed by atoms with Gasteiger partial charge in [-0.3, -0.25) is 4.79 Å². The van der Waals surface area contributed by atoms with E-state index in [9.17, 15) is 13.2 Å². The molecule has 0 bridgehead atoms. The fraction of sp³-hybridized carbons (Fsp3) is 0.500. The molecule has 130 valence electrons. The van der Waals surface area contributed by atoms with Crippen LogP contribution in [0.1, 0.15) is 38.0 Å². The molecule has 0 saturated carbocycles. The van der Waals surface area contributed by atoms with Gasteiger partial charge in [-0.15, -0.1) is 15.7 Å². The van der Waals surface area contributed by atoms with Gasteiger partial charge < -0.3 is 4.90 Å². The molecule has 2 aliphatic rings. The van der Waals surface area contributed by atoms with Crippen molar-refractivity contribution >= 4 is 33.2 Å². The molecule has 1 fully saturated rings. The summed E-state index contributed by atoms with van der Waals surface area (Å²) in [6.07, 6.45) is 4.54. The second-order valence-corrected chi connectivity index (χ2v) is 8.84. The Morgan fingerprint density at radius 1 is 1.29 bits per heavy atom. The molecule has 1 saturated heterocycles. The van der Waals surface area contributed by atoms with E-state index in [4.69, 9.17) is 0 Å². The molecule has 24 heavy (non-hydrogen) atoms. The molecule has 8 heteroatoms. The Labute approximate surface area is 146 Å². The SMILES string of the molecule is C[C@@H]1CCC[C@@H](C)N1C(=O)C1=CC(c2cccs2)=NS(=O)(=O)N1C. The maximum absolute atomic E-state index is 13.1. The summed E-state index contributed by atoms with van der Waals surface area (Å²) in [6, 6.07) is 3.83. The van der Waals surface area contributed by atoms with E-state index < -0.39 is 10.2 Å². The van der Waals surface area contributed by atoms with Gasteiger partial charge in [-0.05, 0) is 50.6 Å². The summed E-state index contributed by atoms with van der Waals surface area (Å²) in [5, 5.41) is 1.85. The smallest absolute Gasteiger partial charge is 0.332 e. The van der Waals surface area contributed by atoms with Gasteiger partial charge in [0.05, 0.1) is 10.6 Å². The van der Waals surface area contributed by atoms with Gasteiger partial charge in [0.2, 0.25) is 0 Å². The van der Waals surface area contributed by atoms with E-state index in [1.165, 1.54) is 18.4 Å². The summed E-state index contributed by atoms with van der Waals surface area (Å²) in [4.78, 5) is 15.6. The van der Waals surface area contributed by atoms with Crippen LogP contribution in [0.25, 0.3) is 0 Å². The van der Waals surface area contributed by atoms with E-state index in [2.05, 4.69) is 4.40 Å². The van der Waals surface area contributed by atoms with E-state index in [0.29, 0.717) is 5.71 Å². The molecule has 0 radical (unpaired) electrons. The number of nitrogens with zero attached hydrogens (tertiary/aromatic N) is 3. The molecule has 0 spiro atoms. The third-order valence-corrected chi connectivity index (χ3v) is 6.80. The Morgan fingerprint density at radius 2 is 1.96 bits per heavy atom. The summed E-state index contributed by atoms with van der Waals surface area (Å²) in [5.74, 6) is -0.246. The number of hydrogen-bond donors (Lipinski definition) is 0.